The number of hydrogen-bond donors (Lipinski definition) is 2. The lowest BCUT2D eigenvalue weighted by atomic mass is 10.0. The first-order valence-electron chi connectivity index (χ1n) is 6.49. The second kappa shape index (κ2) is 5.52. The Kier molecular flexibility index (Phi) is 3.99. The van der Waals surface area contributed by atoms with Gasteiger partial charge in [0.2, 0.25) is 0 Å². The Bertz CT molecular complexity index is 518. The summed E-state index contributed by atoms with van der Waals surface area (Å²) in [5, 5.41) is 2.83. The molecule has 0 spiro atoms. The summed E-state index contributed by atoms with van der Waals surface area (Å²) in [6.45, 7) is 4.65. The molecule has 1 aromatic heterocycles. The van der Waals surface area contributed by atoms with Crippen LogP contribution in [0.2, 0.25) is 0 Å². The van der Waals surface area contributed by atoms with Gasteiger partial charge in [-0.2, -0.15) is 0 Å². The number of aryl methyl sites for hydroxylation is 1. The maximum atomic E-state index is 12.0. The van der Waals surface area contributed by atoms with Crippen molar-refractivity contribution in [1.29, 1.82) is 0 Å². The van der Waals surface area contributed by atoms with Crippen LogP contribution in [0.25, 0.3) is 0 Å². The molecule has 1 unspecified atom stereocenters. The van der Waals surface area contributed by atoms with Crippen LogP contribution in [0.15, 0.2) is 10.9 Å². The molecule has 2 heterocycles. The number of aromatic nitrogens is 2. The Hall–Kier alpha value is -1.69. The van der Waals surface area contributed by atoms with Crippen LogP contribution in [0.4, 0.5) is 0 Å². The zero-order valence-corrected chi connectivity index (χ0v) is 11.3. The molecule has 0 saturated carbocycles. The summed E-state index contributed by atoms with van der Waals surface area (Å²) in [5.41, 5.74) is -0.191. The fourth-order valence-electron chi connectivity index (χ4n) is 2.20. The van der Waals surface area contributed by atoms with Crippen molar-refractivity contribution in [2.45, 2.75) is 38.7 Å². The monoisotopic (exact) mass is 265 g/mol. The van der Waals surface area contributed by atoms with Gasteiger partial charge in [-0.1, -0.05) is 0 Å². The number of nitrogens with zero attached hydrogens (tertiary/aromatic N) is 1. The van der Waals surface area contributed by atoms with Gasteiger partial charge >= 0.3 is 0 Å². The SMILES string of the molecule is Cc1cc(=O)[nH]c(CCNC(=O)C2(C)CCCO2)n1. The Morgan fingerprint density at radius 1 is 1.63 bits per heavy atom. The zero-order chi connectivity index (χ0) is 13.9. The first-order chi connectivity index (χ1) is 8.99. The highest BCUT2D eigenvalue weighted by Crippen LogP contribution is 2.24. The molecule has 1 atom stereocenters. The van der Waals surface area contributed by atoms with Gasteiger partial charge in [-0.3, -0.25) is 9.59 Å². The van der Waals surface area contributed by atoms with Crippen molar-refractivity contribution in [2.24, 2.45) is 0 Å². The fourth-order valence-corrected chi connectivity index (χ4v) is 2.20. The highest BCUT2D eigenvalue weighted by Gasteiger charge is 2.37. The lowest BCUT2D eigenvalue weighted by Crippen LogP contribution is -2.44. The van der Waals surface area contributed by atoms with E-state index in [2.05, 4.69) is 15.3 Å². The predicted octanol–water partition coefficient (Wildman–Crippen LogP) is 0.306. The Morgan fingerprint density at radius 2 is 2.42 bits per heavy atom. The minimum absolute atomic E-state index is 0.0972. The van der Waals surface area contributed by atoms with Crippen molar-refractivity contribution < 1.29 is 9.53 Å². The molecule has 1 fully saturated rings. The Morgan fingerprint density at radius 3 is 3.05 bits per heavy atom. The summed E-state index contributed by atoms with van der Waals surface area (Å²) in [7, 11) is 0. The number of nitrogens with one attached hydrogen (secondary N) is 2. The summed E-state index contributed by atoms with van der Waals surface area (Å²) in [6, 6.07) is 1.44. The van der Waals surface area contributed by atoms with Crippen molar-refractivity contribution in [3.05, 3.63) is 27.9 Å². The second-order valence-corrected chi connectivity index (χ2v) is 5.02. The van der Waals surface area contributed by atoms with Crippen LogP contribution in [-0.2, 0) is 16.0 Å². The van der Waals surface area contributed by atoms with Gasteiger partial charge in [-0.05, 0) is 26.7 Å². The summed E-state index contributed by atoms with van der Waals surface area (Å²) >= 11 is 0. The van der Waals surface area contributed by atoms with Crippen LogP contribution in [0.3, 0.4) is 0 Å². The summed E-state index contributed by atoms with van der Waals surface area (Å²) in [5.74, 6) is 0.489. The molecule has 1 aliphatic heterocycles. The smallest absolute Gasteiger partial charge is 0.251 e. The third-order valence-corrected chi connectivity index (χ3v) is 3.27. The molecule has 1 aromatic rings. The second-order valence-electron chi connectivity index (χ2n) is 5.02. The van der Waals surface area contributed by atoms with E-state index in [4.69, 9.17) is 4.74 Å². The third kappa shape index (κ3) is 3.41. The van der Waals surface area contributed by atoms with Crippen molar-refractivity contribution in [3.63, 3.8) is 0 Å². The minimum Gasteiger partial charge on any atom is -0.365 e. The lowest BCUT2D eigenvalue weighted by Gasteiger charge is -2.21. The van der Waals surface area contributed by atoms with Gasteiger partial charge in [0.05, 0.1) is 0 Å². The topological polar surface area (TPSA) is 84.1 Å². The van der Waals surface area contributed by atoms with E-state index in [0.717, 1.165) is 12.8 Å². The number of aromatic amines is 1. The predicted molar refractivity (Wildman–Crippen MR) is 69.9 cm³/mol. The fraction of sp³-hybridized carbons (Fsp3) is 0.615. The molecule has 1 amide bonds. The van der Waals surface area contributed by atoms with Crippen LogP contribution >= 0.6 is 0 Å². The summed E-state index contributed by atoms with van der Waals surface area (Å²) in [4.78, 5) is 30.1. The Balaban J connectivity index is 1.86. The van der Waals surface area contributed by atoms with Gasteiger partial charge in [-0.15, -0.1) is 0 Å². The number of carbonyl (C=O) groups is 1. The van der Waals surface area contributed by atoms with Gasteiger partial charge in [-0.25, -0.2) is 4.98 Å². The Labute approximate surface area is 111 Å². The number of hydrogen-bond acceptors (Lipinski definition) is 4. The first-order valence-corrected chi connectivity index (χ1v) is 6.49. The van der Waals surface area contributed by atoms with E-state index in [1.165, 1.54) is 6.07 Å². The molecule has 19 heavy (non-hydrogen) atoms. The van der Waals surface area contributed by atoms with Gasteiger partial charge < -0.3 is 15.0 Å². The van der Waals surface area contributed by atoms with Crippen LogP contribution in [0.5, 0.6) is 0 Å². The van der Waals surface area contributed by atoms with E-state index >= 15 is 0 Å². The molecule has 0 bridgehead atoms. The molecule has 2 N–H and O–H groups in total. The number of amides is 1. The molecular formula is C13H19N3O3. The highest BCUT2D eigenvalue weighted by atomic mass is 16.5. The van der Waals surface area contributed by atoms with Crippen molar-refractivity contribution in [3.8, 4) is 0 Å². The van der Waals surface area contributed by atoms with Crippen LogP contribution < -0.4 is 10.9 Å². The van der Waals surface area contributed by atoms with Crippen LogP contribution in [-0.4, -0.2) is 34.6 Å². The van der Waals surface area contributed by atoms with E-state index in [0.29, 0.717) is 31.1 Å². The number of rotatable bonds is 4. The molecule has 0 aromatic carbocycles. The van der Waals surface area contributed by atoms with Crippen molar-refractivity contribution in [1.82, 2.24) is 15.3 Å². The largest absolute Gasteiger partial charge is 0.365 e. The van der Waals surface area contributed by atoms with E-state index in [1.54, 1.807) is 6.92 Å². The summed E-state index contributed by atoms with van der Waals surface area (Å²) in [6.07, 6.45) is 2.16. The molecule has 2 rings (SSSR count). The maximum Gasteiger partial charge on any atom is 0.251 e. The van der Waals surface area contributed by atoms with Gasteiger partial charge in [0.1, 0.15) is 11.4 Å². The summed E-state index contributed by atoms with van der Waals surface area (Å²) < 4.78 is 5.46. The molecular weight excluding hydrogens is 246 g/mol. The molecule has 1 aliphatic rings. The van der Waals surface area contributed by atoms with Crippen molar-refractivity contribution >= 4 is 5.91 Å². The third-order valence-electron chi connectivity index (χ3n) is 3.27. The van der Waals surface area contributed by atoms with E-state index in [1.807, 2.05) is 6.92 Å². The standard InChI is InChI=1S/C13H19N3O3/c1-9-8-11(17)16-10(15-9)4-6-14-12(18)13(2)5-3-7-19-13/h8H,3-7H2,1-2H3,(H,14,18)(H,15,16,17). The highest BCUT2D eigenvalue weighted by molar-refractivity contribution is 5.84. The van der Waals surface area contributed by atoms with Gasteiger partial charge in [0.25, 0.3) is 11.5 Å². The molecule has 0 radical (unpaired) electrons. The minimum atomic E-state index is -0.701. The number of carbonyl (C=O) groups excluding carboxylic acids is 1. The maximum absolute atomic E-state index is 12.0. The van der Waals surface area contributed by atoms with Gasteiger partial charge in [0, 0.05) is 31.3 Å². The molecule has 104 valence electrons. The molecule has 1 saturated heterocycles. The van der Waals surface area contributed by atoms with Crippen molar-refractivity contribution in [2.75, 3.05) is 13.2 Å². The van der Waals surface area contributed by atoms with Crippen LogP contribution in [0, 0.1) is 6.92 Å². The first kappa shape index (κ1) is 13.7. The van der Waals surface area contributed by atoms with E-state index in [9.17, 15) is 9.59 Å². The number of ether oxygens (including phenoxy) is 1. The average molecular weight is 265 g/mol. The lowest BCUT2D eigenvalue weighted by molar-refractivity contribution is -0.139. The molecule has 0 aliphatic carbocycles. The van der Waals surface area contributed by atoms with Crippen LogP contribution in [0.1, 0.15) is 31.3 Å². The van der Waals surface area contributed by atoms with E-state index in [-0.39, 0.29) is 11.5 Å². The van der Waals surface area contributed by atoms with E-state index < -0.39 is 5.60 Å². The quantitative estimate of drug-likeness (QED) is 0.820. The number of H-pyrrole nitrogens is 1. The normalized spacial score (nSPS) is 22.4. The average Bonchev–Trinajstić information content (AvgIpc) is 2.76. The molecule has 6 heteroatoms. The van der Waals surface area contributed by atoms with Gasteiger partial charge in [0.15, 0.2) is 0 Å². The zero-order valence-electron chi connectivity index (χ0n) is 11.3. The molecule has 6 nitrogen and oxygen atoms in total.